The highest BCUT2D eigenvalue weighted by atomic mass is 32.2. The van der Waals surface area contributed by atoms with Crippen LogP contribution in [0, 0.1) is 12.8 Å². The molecule has 7 nitrogen and oxygen atoms in total. The number of carbonyl (C=O) groups excluding carboxylic acids is 1. The summed E-state index contributed by atoms with van der Waals surface area (Å²) in [5.41, 5.74) is 0.532. The zero-order valence-electron chi connectivity index (χ0n) is 19.7. The Kier molecular flexibility index (Phi) is 8.22. The van der Waals surface area contributed by atoms with E-state index in [9.17, 15) is 13.2 Å². The minimum atomic E-state index is -3.71. The quantitative estimate of drug-likeness (QED) is 0.565. The van der Waals surface area contributed by atoms with Gasteiger partial charge in [0.1, 0.15) is 5.60 Å². The first-order valence-electron chi connectivity index (χ1n) is 11.6. The Bertz CT molecular complexity index is 845. The maximum absolute atomic E-state index is 12.4. The van der Waals surface area contributed by atoms with E-state index in [2.05, 4.69) is 0 Å². The van der Waals surface area contributed by atoms with Gasteiger partial charge in [0, 0.05) is 13.1 Å². The molecule has 2 aliphatic rings. The van der Waals surface area contributed by atoms with Crippen molar-refractivity contribution in [2.24, 2.45) is 5.92 Å². The second-order valence-electron chi connectivity index (χ2n) is 10.00. The number of benzene rings is 1. The third-order valence-corrected chi connectivity index (χ3v) is 7.34. The second-order valence-corrected chi connectivity index (χ2v) is 11.6. The van der Waals surface area contributed by atoms with E-state index in [0.29, 0.717) is 13.1 Å². The van der Waals surface area contributed by atoms with Crippen LogP contribution < -0.4 is 0 Å². The molecule has 0 N–H and O–H groups in total. The van der Waals surface area contributed by atoms with Crippen molar-refractivity contribution >= 4 is 16.2 Å². The van der Waals surface area contributed by atoms with Gasteiger partial charge in [-0.2, -0.15) is 8.42 Å². The first kappa shape index (κ1) is 25.0. The summed E-state index contributed by atoms with van der Waals surface area (Å²) >= 11 is 0. The van der Waals surface area contributed by atoms with Crippen LogP contribution in [0.2, 0.25) is 0 Å². The van der Waals surface area contributed by atoms with Gasteiger partial charge >= 0.3 is 6.09 Å². The highest BCUT2D eigenvalue weighted by molar-refractivity contribution is 7.86. The van der Waals surface area contributed by atoms with E-state index in [1.54, 1.807) is 29.2 Å². The highest BCUT2D eigenvalue weighted by Gasteiger charge is 2.30. The fraction of sp³-hybridized carbons (Fsp3) is 0.708. The number of rotatable bonds is 6. The molecule has 0 spiro atoms. The Hall–Kier alpha value is -1.64. The predicted molar refractivity (Wildman–Crippen MR) is 122 cm³/mol. The van der Waals surface area contributed by atoms with Crippen LogP contribution in [0.25, 0.3) is 0 Å². The van der Waals surface area contributed by atoms with Gasteiger partial charge in [-0.1, -0.05) is 17.7 Å². The van der Waals surface area contributed by atoms with Crippen LogP contribution >= 0.6 is 0 Å². The van der Waals surface area contributed by atoms with Gasteiger partial charge < -0.3 is 14.4 Å². The molecule has 0 unspecified atom stereocenters. The van der Waals surface area contributed by atoms with Crippen LogP contribution in [0.15, 0.2) is 29.2 Å². The number of amides is 1. The Morgan fingerprint density at radius 3 is 2.09 bits per heavy atom. The topological polar surface area (TPSA) is 82.1 Å². The summed E-state index contributed by atoms with van der Waals surface area (Å²) in [6.07, 6.45) is 5.34. The Labute approximate surface area is 192 Å². The number of aryl methyl sites for hydroxylation is 1. The average Bonchev–Trinajstić information content (AvgIpc) is 2.73. The third kappa shape index (κ3) is 7.46. The Morgan fingerprint density at radius 2 is 1.53 bits per heavy atom. The van der Waals surface area contributed by atoms with Crippen LogP contribution in [-0.2, 0) is 23.8 Å². The molecule has 1 amide bonds. The molecule has 1 heterocycles. The predicted octanol–water partition coefficient (Wildman–Crippen LogP) is 4.68. The molecular formula is C24H37NO6S. The standard InChI is InChI=1S/C24H37NO6S/c1-18-5-11-22(12-6-18)32(27,28)29-17-19-7-9-20(10-8-19)30-21-13-15-25(16-14-21)23(26)31-24(2,3)4/h5-6,11-12,19-21H,7-10,13-17H2,1-4H3. The molecule has 32 heavy (non-hydrogen) atoms. The fourth-order valence-electron chi connectivity index (χ4n) is 4.17. The summed E-state index contributed by atoms with van der Waals surface area (Å²) in [5.74, 6) is 0.226. The summed E-state index contributed by atoms with van der Waals surface area (Å²) < 4.78 is 41.8. The van der Waals surface area contributed by atoms with Gasteiger partial charge in [0.05, 0.1) is 23.7 Å². The van der Waals surface area contributed by atoms with Gasteiger partial charge in [0.2, 0.25) is 0 Å². The SMILES string of the molecule is Cc1ccc(S(=O)(=O)OCC2CCC(OC3CCN(C(=O)OC(C)(C)C)CC3)CC2)cc1. The molecule has 180 valence electrons. The maximum atomic E-state index is 12.4. The van der Waals surface area contributed by atoms with Crippen molar-refractivity contribution in [1.82, 2.24) is 4.90 Å². The Morgan fingerprint density at radius 1 is 0.969 bits per heavy atom. The molecule has 8 heteroatoms. The summed E-state index contributed by atoms with van der Waals surface area (Å²) in [5, 5.41) is 0. The van der Waals surface area contributed by atoms with Crippen LogP contribution in [0.5, 0.6) is 0 Å². The monoisotopic (exact) mass is 467 g/mol. The second kappa shape index (κ2) is 10.5. The molecule has 2 fully saturated rings. The lowest BCUT2D eigenvalue weighted by Gasteiger charge is -2.36. The lowest BCUT2D eigenvalue weighted by Crippen LogP contribution is -2.44. The van der Waals surface area contributed by atoms with Crippen molar-refractivity contribution < 1.29 is 26.9 Å². The molecule has 0 bridgehead atoms. The van der Waals surface area contributed by atoms with Crippen molar-refractivity contribution in [1.29, 1.82) is 0 Å². The summed E-state index contributed by atoms with van der Waals surface area (Å²) in [6.45, 7) is 9.07. The summed E-state index contributed by atoms with van der Waals surface area (Å²) in [4.78, 5) is 14.2. The summed E-state index contributed by atoms with van der Waals surface area (Å²) in [7, 11) is -3.71. The van der Waals surface area contributed by atoms with Crippen LogP contribution in [0.3, 0.4) is 0 Å². The fourth-order valence-corrected chi connectivity index (χ4v) is 5.14. The van der Waals surface area contributed by atoms with Crippen LogP contribution in [0.4, 0.5) is 4.79 Å². The van der Waals surface area contributed by atoms with Gasteiger partial charge in [0.25, 0.3) is 10.1 Å². The molecule has 3 rings (SSSR count). The van der Waals surface area contributed by atoms with Gasteiger partial charge in [-0.25, -0.2) is 4.79 Å². The molecule has 0 atom stereocenters. The summed E-state index contributed by atoms with van der Waals surface area (Å²) in [6, 6.07) is 6.72. The average molecular weight is 468 g/mol. The first-order chi connectivity index (χ1) is 15.0. The molecule has 1 aromatic carbocycles. The van der Waals surface area contributed by atoms with E-state index in [1.807, 2.05) is 27.7 Å². The molecule has 1 saturated heterocycles. The van der Waals surface area contributed by atoms with Gasteiger partial charge in [-0.15, -0.1) is 0 Å². The van der Waals surface area contributed by atoms with Gasteiger partial charge in [-0.05, 0) is 84.3 Å². The highest BCUT2D eigenvalue weighted by Crippen LogP contribution is 2.30. The largest absolute Gasteiger partial charge is 0.444 e. The van der Waals surface area contributed by atoms with E-state index < -0.39 is 15.7 Å². The van der Waals surface area contributed by atoms with E-state index >= 15 is 0 Å². The van der Waals surface area contributed by atoms with Crippen molar-refractivity contribution in [3.05, 3.63) is 29.8 Å². The maximum Gasteiger partial charge on any atom is 0.410 e. The number of carbonyl (C=O) groups is 1. The lowest BCUT2D eigenvalue weighted by molar-refractivity contribution is -0.0639. The molecule has 1 aromatic rings. The van der Waals surface area contributed by atoms with Crippen molar-refractivity contribution in [2.45, 2.75) is 88.9 Å². The molecule has 0 radical (unpaired) electrons. The van der Waals surface area contributed by atoms with Crippen LogP contribution in [-0.4, -0.2) is 56.9 Å². The van der Waals surface area contributed by atoms with Crippen molar-refractivity contribution in [3.63, 3.8) is 0 Å². The van der Waals surface area contributed by atoms with Crippen molar-refractivity contribution in [3.8, 4) is 0 Å². The first-order valence-corrected chi connectivity index (χ1v) is 13.0. The third-order valence-electron chi connectivity index (χ3n) is 6.04. The number of hydrogen-bond donors (Lipinski definition) is 0. The molecule has 1 saturated carbocycles. The van der Waals surface area contributed by atoms with Gasteiger partial charge in [-0.3, -0.25) is 4.18 Å². The van der Waals surface area contributed by atoms with Crippen molar-refractivity contribution in [2.75, 3.05) is 19.7 Å². The lowest BCUT2D eigenvalue weighted by atomic mass is 9.88. The molecular weight excluding hydrogens is 430 g/mol. The number of nitrogens with zero attached hydrogens (tertiary/aromatic N) is 1. The number of likely N-dealkylation sites (tertiary alicyclic amines) is 1. The number of ether oxygens (including phenoxy) is 2. The zero-order chi connectivity index (χ0) is 23.4. The van der Waals surface area contributed by atoms with Gasteiger partial charge in [0.15, 0.2) is 0 Å². The number of piperidine rings is 1. The normalized spacial score (nSPS) is 23.2. The van der Waals surface area contributed by atoms with Crippen LogP contribution in [0.1, 0.15) is 64.9 Å². The minimum Gasteiger partial charge on any atom is -0.444 e. The van der Waals surface area contributed by atoms with E-state index in [1.165, 1.54) is 0 Å². The molecule has 0 aromatic heterocycles. The van der Waals surface area contributed by atoms with E-state index in [-0.39, 0.29) is 35.7 Å². The molecule has 1 aliphatic heterocycles. The molecule has 1 aliphatic carbocycles. The smallest absolute Gasteiger partial charge is 0.410 e. The Balaban J connectivity index is 1.36. The van der Waals surface area contributed by atoms with E-state index in [0.717, 1.165) is 44.1 Å². The number of hydrogen-bond acceptors (Lipinski definition) is 6. The van der Waals surface area contributed by atoms with E-state index in [4.69, 9.17) is 13.7 Å². The minimum absolute atomic E-state index is 0.161. The zero-order valence-corrected chi connectivity index (χ0v) is 20.5.